The molecular formula is C20H26N4O5S. The van der Waals surface area contributed by atoms with Crippen LogP contribution in [-0.4, -0.2) is 73.5 Å². The van der Waals surface area contributed by atoms with E-state index < -0.39 is 10.0 Å². The lowest BCUT2D eigenvalue weighted by Crippen LogP contribution is -2.36. The number of ether oxygens (including phenoxy) is 2. The lowest BCUT2D eigenvalue weighted by atomic mass is 10.2. The summed E-state index contributed by atoms with van der Waals surface area (Å²) in [5, 5.41) is 0.0260. The van der Waals surface area contributed by atoms with Crippen LogP contribution in [0.15, 0.2) is 41.8 Å². The molecular weight excluding hydrogens is 408 g/mol. The van der Waals surface area contributed by atoms with Crippen LogP contribution >= 0.6 is 0 Å². The first-order valence-corrected chi connectivity index (χ1v) is 11.0. The van der Waals surface area contributed by atoms with Gasteiger partial charge in [0, 0.05) is 45.5 Å². The molecule has 0 radical (unpaired) electrons. The van der Waals surface area contributed by atoms with Gasteiger partial charge in [-0.2, -0.15) is 4.31 Å². The molecule has 1 amide bonds. The predicted molar refractivity (Wildman–Crippen MR) is 112 cm³/mol. The number of methoxy groups -OCH3 is 2. The third-order valence-electron chi connectivity index (χ3n) is 4.88. The summed E-state index contributed by atoms with van der Waals surface area (Å²) in [6.45, 7) is 1.39. The number of sulfonamides is 1. The topological polar surface area (TPSA) is 94.0 Å². The third-order valence-corrected chi connectivity index (χ3v) is 6.66. The Morgan fingerprint density at radius 3 is 2.53 bits per heavy atom. The van der Waals surface area contributed by atoms with Crippen LogP contribution in [0.2, 0.25) is 0 Å². The fourth-order valence-electron chi connectivity index (χ4n) is 3.24. The molecule has 0 aliphatic carbocycles. The van der Waals surface area contributed by atoms with Crippen LogP contribution in [-0.2, 0) is 21.9 Å². The van der Waals surface area contributed by atoms with Crippen molar-refractivity contribution in [3.63, 3.8) is 0 Å². The van der Waals surface area contributed by atoms with Crippen molar-refractivity contribution in [2.75, 3.05) is 40.4 Å². The fraction of sp³-hybridized carbons (Fsp3) is 0.400. The summed E-state index contributed by atoms with van der Waals surface area (Å²) in [7, 11) is 1.18. The number of imidazole rings is 1. The van der Waals surface area contributed by atoms with Gasteiger partial charge in [-0.3, -0.25) is 4.79 Å². The normalized spacial score (nSPS) is 15.9. The minimum atomic E-state index is -3.66. The molecule has 2 heterocycles. The van der Waals surface area contributed by atoms with Crippen LogP contribution in [0.4, 0.5) is 0 Å². The Morgan fingerprint density at radius 2 is 1.87 bits per heavy atom. The first kappa shape index (κ1) is 21.8. The van der Waals surface area contributed by atoms with Crippen LogP contribution in [0, 0.1) is 0 Å². The molecule has 2 aromatic rings. The van der Waals surface area contributed by atoms with Crippen molar-refractivity contribution < 1.29 is 22.7 Å². The van der Waals surface area contributed by atoms with Gasteiger partial charge >= 0.3 is 0 Å². The monoisotopic (exact) mass is 434 g/mol. The molecule has 1 aliphatic heterocycles. The highest BCUT2D eigenvalue weighted by atomic mass is 32.2. The van der Waals surface area contributed by atoms with E-state index >= 15 is 0 Å². The van der Waals surface area contributed by atoms with Crippen LogP contribution in [0.1, 0.15) is 12.0 Å². The fourth-order valence-corrected chi connectivity index (χ4v) is 4.67. The van der Waals surface area contributed by atoms with Crippen LogP contribution in [0.5, 0.6) is 11.5 Å². The van der Waals surface area contributed by atoms with Gasteiger partial charge in [0.1, 0.15) is 0 Å². The van der Waals surface area contributed by atoms with E-state index in [0.717, 1.165) is 5.56 Å². The number of carbonyl (C=O) groups is 1. The molecule has 30 heavy (non-hydrogen) atoms. The second kappa shape index (κ2) is 9.31. The number of amides is 1. The second-order valence-corrected chi connectivity index (χ2v) is 8.79. The average molecular weight is 435 g/mol. The number of benzene rings is 1. The first-order valence-electron chi connectivity index (χ1n) is 9.52. The summed E-state index contributed by atoms with van der Waals surface area (Å²) in [5.41, 5.74) is 0.801. The summed E-state index contributed by atoms with van der Waals surface area (Å²) in [4.78, 5) is 18.2. The Balaban J connectivity index is 1.65. The van der Waals surface area contributed by atoms with Gasteiger partial charge in [-0.15, -0.1) is 0 Å². The van der Waals surface area contributed by atoms with Crippen molar-refractivity contribution in [3.8, 4) is 11.5 Å². The highest BCUT2D eigenvalue weighted by molar-refractivity contribution is 7.89. The highest BCUT2D eigenvalue weighted by Gasteiger charge is 2.29. The number of hydrogen-bond acceptors (Lipinski definition) is 6. The molecule has 1 aliphatic rings. The molecule has 3 rings (SSSR count). The summed E-state index contributed by atoms with van der Waals surface area (Å²) in [5.74, 6) is 1.03. The SMILES string of the molecule is COc1ccc(/C=C/C(=O)N2CCCN(S(=O)(=O)c3cn(C)cn3)CC2)cc1OC. The van der Waals surface area contributed by atoms with E-state index in [-0.39, 0.29) is 17.5 Å². The van der Waals surface area contributed by atoms with Crippen LogP contribution in [0.3, 0.4) is 0 Å². The van der Waals surface area contributed by atoms with Gasteiger partial charge in [0.15, 0.2) is 16.5 Å². The van der Waals surface area contributed by atoms with Crippen LogP contribution in [0.25, 0.3) is 6.08 Å². The number of aryl methyl sites for hydroxylation is 1. The third kappa shape index (κ3) is 4.82. The van der Waals surface area contributed by atoms with E-state index in [1.807, 2.05) is 6.07 Å². The zero-order chi connectivity index (χ0) is 21.7. The summed E-state index contributed by atoms with van der Waals surface area (Å²) in [6.07, 6.45) is 6.69. The van der Waals surface area contributed by atoms with Crippen molar-refractivity contribution in [1.29, 1.82) is 0 Å². The zero-order valence-corrected chi connectivity index (χ0v) is 18.1. The standard InChI is InChI=1S/C20H26N4O5S/c1-22-14-19(21-15-22)30(26,27)24-10-4-9-23(11-12-24)20(25)8-6-16-5-7-17(28-2)18(13-16)29-3/h5-8,13-15H,4,9-12H2,1-3H3/b8-6+. The second-order valence-electron chi connectivity index (χ2n) is 6.91. The molecule has 0 atom stereocenters. The summed E-state index contributed by atoms with van der Waals surface area (Å²) in [6, 6.07) is 5.39. The number of rotatable bonds is 6. The van der Waals surface area contributed by atoms with E-state index in [2.05, 4.69) is 4.98 Å². The van der Waals surface area contributed by atoms with Gasteiger partial charge in [-0.05, 0) is 30.2 Å². The molecule has 1 aromatic heterocycles. The van der Waals surface area contributed by atoms with Gasteiger partial charge in [0.2, 0.25) is 5.91 Å². The van der Waals surface area contributed by atoms with Crippen molar-refractivity contribution in [2.24, 2.45) is 7.05 Å². The maximum Gasteiger partial charge on any atom is 0.262 e. The van der Waals surface area contributed by atoms with Gasteiger partial charge in [-0.1, -0.05) is 6.07 Å². The molecule has 1 aromatic carbocycles. The predicted octanol–water partition coefficient (Wildman–Crippen LogP) is 1.37. The van der Waals surface area contributed by atoms with Crippen molar-refractivity contribution in [3.05, 3.63) is 42.4 Å². The van der Waals surface area contributed by atoms with Crippen LogP contribution < -0.4 is 9.47 Å². The molecule has 0 spiro atoms. The maximum absolute atomic E-state index is 12.8. The molecule has 1 fully saturated rings. The molecule has 162 valence electrons. The minimum Gasteiger partial charge on any atom is -0.493 e. The zero-order valence-electron chi connectivity index (χ0n) is 17.3. The van der Waals surface area contributed by atoms with E-state index in [1.165, 1.54) is 22.9 Å². The number of aromatic nitrogens is 2. The Hall–Kier alpha value is -2.85. The molecule has 0 saturated carbocycles. The van der Waals surface area contributed by atoms with Crippen molar-refractivity contribution in [1.82, 2.24) is 18.8 Å². The average Bonchev–Trinajstić information content (AvgIpc) is 3.03. The van der Waals surface area contributed by atoms with Gasteiger partial charge in [-0.25, -0.2) is 13.4 Å². The lowest BCUT2D eigenvalue weighted by molar-refractivity contribution is -0.125. The van der Waals surface area contributed by atoms with E-state index in [4.69, 9.17) is 9.47 Å². The Morgan fingerprint density at radius 1 is 1.10 bits per heavy atom. The lowest BCUT2D eigenvalue weighted by Gasteiger charge is -2.20. The molecule has 10 heteroatoms. The Labute approximate surface area is 176 Å². The molecule has 9 nitrogen and oxygen atoms in total. The number of hydrogen-bond donors (Lipinski definition) is 0. The van der Waals surface area contributed by atoms with Gasteiger partial charge < -0.3 is 18.9 Å². The Kier molecular flexibility index (Phi) is 6.78. The molecule has 0 bridgehead atoms. The molecule has 0 N–H and O–H groups in total. The van der Waals surface area contributed by atoms with E-state index in [9.17, 15) is 13.2 Å². The minimum absolute atomic E-state index is 0.0260. The maximum atomic E-state index is 12.8. The number of carbonyl (C=O) groups excluding carboxylic acids is 1. The number of nitrogens with zero attached hydrogens (tertiary/aromatic N) is 4. The van der Waals surface area contributed by atoms with E-state index in [1.54, 1.807) is 48.9 Å². The highest BCUT2D eigenvalue weighted by Crippen LogP contribution is 2.28. The molecule has 1 saturated heterocycles. The summed E-state index contributed by atoms with van der Waals surface area (Å²) >= 11 is 0. The van der Waals surface area contributed by atoms with Crippen molar-refractivity contribution >= 4 is 22.0 Å². The quantitative estimate of drug-likeness (QED) is 0.638. The first-order chi connectivity index (χ1) is 14.3. The smallest absolute Gasteiger partial charge is 0.262 e. The molecule has 0 unspecified atom stereocenters. The Bertz CT molecular complexity index is 1030. The van der Waals surface area contributed by atoms with Gasteiger partial charge in [0.25, 0.3) is 10.0 Å². The largest absolute Gasteiger partial charge is 0.493 e. The van der Waals surface area contributed by atoms with E-state index in [0.29, 0.717) is 37.6 Å². The summed E-state index contributed by atoms with van der Waals surface area (Å²) < 4.78 is 39.0. The van der Waals surface area contributed by atoms with Gasteiger partial charge in [0.05, 0.1) is 20.5 Å². The van der Waals surface area contributed by atoms with Crippen molar-refractivity contribution in [2.45, 2.75) is 11.4 Å².